The van der Waals surface area contributed by atoms with E-state index in [-0.39, 0.29) is 0 Å². The molecule has 0 heterocycles. The van der Waals surface area contributed by atoms with Crippen molar-refractivity contribution < 1.29 is 14.3 Å². The maximum Gasteiger partial charge on any atom is 0.168 e. The van der Waals surface area contributed by atoms with Crippen LogP contribution in [0.25, 0.3) is 10.8 Å². The molecule has 0 amide bonds. The quantitative estimate of drug-likeness (QED) is 0.740. The fourth-order valence-electron chi connectivity index (χ4n) is 1.73. The Morgan fingerprint density at radius 2 is 1.81 bits per heavy atom. The van der Waals surface area contributed by atoms with E-state index in [0.29, 0.717) is 17.1 Å². The van der Waals surface area contributed by atoms with Crippen molar-refractivity contribution in [3.63, 3.8) is 0 Å². The molecule has 0 bridgehead atoms. The Balaban J connectivity index is 2.77. The van der Waals surface area contributed by atoms with Gasteiger partial charge in [0.05, 0.1) is 14.2 Å². The number of benzene rings is 2. The summed E-state index contributed by atoms with van der Waals surface area (Å²) in [6.45, 7) is 0. The molecule has 0 aliphatic rings. The van der Waals surface area contributed by atoms with E-state index in [1.54, 1.807) is 26.4 Å². The van der Waals surface area contributed by atoms with Gasteiger partial charge in [0.15, 0.2) is 11.5 Å². The highest BCUT2D eigenvalue weighted by Crippen LogP contribution is 2.35. The summed E-state index contributed by atoms with van der Waals surface area (Å²) >= 11 is 0. The lowest BCUT2D eigenvalue weighted by molar-refractivity contribution is 0.112. The Bertz CT molecular complexity index is 532. The number of hydrogen-bond acceptors (Lipinski definition) is 3. The first-order valence-corrected chi connectivity index (χ1v) is 4.90. The van der Waals surface area contributed by atoms with E-state index in [1.165, 1.54) is 0 Å². The minimum atomic E-state index is 0.624. The number of carbonyl (C=O) groups excluding carboxylic acids is 1. The fourth-order valence-corrected chi connectivity index (χ4v) is 1.73. The Hall–Kier alpha value is -2.03. The third-order valence-electron chi connectivity index (χ3n) is 2.52. The summed E-state index contributed by atoms with van der Waals surface area (Å²) in [5.41, 5.74) is 0.624. The normalized spacial score (nSPS) is 10.1. The first-order chi connectivity index (χ1) is 7.80. The minimum Gasteiger partial charge on any atom is -0.493 e. The molecule has 0 radical (unpaired) electrons. The van der Waals surface area contributed by atoms with Gasteiger partial charge in [0.2, 0.25) is 0 Å². The van der Waals surface area contributed by atoms with Crippen LogP contribution in [-0.2, 0) is 0 Å². The van der Waals surface area contributed by atoms with Crippen molar-refractivity contribution in [1.82, 2.24) is 0 Å². The van der Waals surface area contributed by atoms with Gasteiger partial charge in [-0.25, -0.2) is 0 Å². The highest BCUT2D eigenvalue weighted by Gasteiger charge is 2.08. The van der Waals surface area contributed by atoms with E-state index >= 15 is 0 Å². The van der Waals surface area contributed by atoms with Crippen molar-refractivity contribution in [2.75, 3.05) is 14.2 Å². The average Bonchev–Trinajstić information content (AvgIpc) is 2.36. The molecule has 16 heavy (non-hydrogen) atoms. The lowest BCUT2D eigenvalue weighted by atomic mass is 10.1. The molecule has 0 aromatic heterocycles. The molecule has 2 rings (SSSR count). The largest absolute Gasteiger partial charge is 0.493 e. The zero-order chi connectivity index (χ0) is 11.5. The molecule has 2 aromatic rings. The maximum atomic E-state index is 10.7. The second-order valence-electron chi connectivity index (χ2n) is 3.40. The highest BCUT2D eigenvalue weighted by atomic mass is 16.5. The van der Waals surface area contributed by atoms with Gasteiger partial charge in [-0.05, 0) is 17.5 Å². The summed E-state index contributed by atoms with van der Waals surface area (Å²) < 4.78 is 10.5. The van der Waals surface area contributed by atoms with Crippen LogP contribution in [0, 0.1) is 0 Å². The molecule has 2 aromatic carbocycles. The number of fused-ring (bicyclic) bond motifs is 1. The molecule has 0 fully saturated rings. The van der Waals surface area contributed by atoms with Crippen LogP contribution in [-0.4, -0.2) is 20.5 Å². The summed E-state index contributed by atoms with van der Waals surface area (Å²) in [4.78, 5) is 10.7. The molecule has 0 N–H and O–H groups in total. The molecule has 0 atom stereocenters. The zero-order valence-corrected chi connectivity index (χ0v) is 9.19. The van der Waals surface area contributed by atoms with Gasteiger partial charge in [-0.1, -0.05) is 18.2 Å². The zero-order valence-electron chi connectivity index (χ0n) is 9.19. The number of rotatable bonds is 3. The second kappa shape index (κ2) is 4.23. The first-order valence-electron chi connectivity index (χ1n) is 4.90. The van der Waals surface area contributed by atoms with Crippen molar-refractivity contribution >= 4 is 17.1 Å². The Morgan fingerprint density at radius 1 is 1.06 bits per heavy atom. The van der Waals surface area contributed by atoms with Crippen molar-refractivity contribution in [2.45, 2.75) is 0 Å². The molecule has 0 saturated heterocycles. The third-order valence-corrected chi connectivity index (χ3v) is 2.52. The van der Waals surface area contributed by atoms with Crippen LogP contribution < -0.4 is 9.47 Å². The molecule has 0 saturated carbocycles. The lowest BCUT2D eigenvalue weighted by Crippen LogP contribution is -1.92. The Kier molecular flexibility index (Phi) is 2.77. The van der Waals surface area contributed by atoms with Crippen LogP contribution in [0.3, 0.4) is 0 Å². The van der Waals surface area contributed by atoms with Gasteiger partial charge >= 0.3 is 0 Å². The average molecular weight is 216 g/mol. The van der Waals surface area contributed by atoms with E-state index in [2.05, 4.69) is 0 Å². The van der Waals surface area contributed by atoms with E-state index in [1.807, 2.05) is 18.2 Å². The predicted octanol–water partition coefficient (Wildman–Crippen LogP) is 2.67. The number of methoxy groups -OCH3 is 2. The molecule has 82 valence electrons. The van der Waals surface area contributed by atoms with Crippen molar-refractivity contribution in [2.24, 2.45) is 0 Å². The van der Waals surface area contributed by atoms with Crippen LogP contribution in [0.4, 0.5) is 0 Å². The van der Waals surface area contributed by atoms with Gasteiger partial charge in [0.1, 0.15) is 6.29 Å². The molecule has 0 unspecified atom stereocenters. The van der Waals surface area contributed by atoms with Gasteiger partial charge in [-0.3, -0.25) is 4.79 Å². The fraction of sp³-hybridized carbons (Fsp3) is 0.154. The molecular weight excluding hydrogens is 204 g/mol. The maximum absolute atomic E-state index is 10.7. The number of carbonyl (C=O) groups is 1. The van der Waals surface area contributed by atoms with Crippen LogP contribution in [0.2, 0.25) is 0 Å². The van der Waals surface area contributed by atoms with Crippen molar-refractivity contribution in [1.29, 1.82) is 0 Å². The van der Waals surface area contributed by atoms with Crippen LogP contribution >= 0.6 is 0 Å². The number of aldehydes is 1. The van der Waals surface area contributed by atoms with Gasteiger partial charge < -0.3 is 9.47 Å². The van der Waals surface area contributed by atoms with E-state index in [9.17, 15) is 4.79 Å². The van der Waals surface area contributed by atoms with E-state index in [4.69, 9.17) is 9.47 Å². The summed E-state index contributed by atoms with van der Waals surface area (Å²) in [6, 6.07) is 9.25. The number of hydrogen-bond donors (Lipinski definition) is 0. The van der Waals surface area contributed by atoms with Gasteiger partial charge in [-0.2, -0.15) is 0 Å². The van der Waals surface area contributed by atoms with Crippen LogP contribution in [0.1, 0.15) is 10.4 Å². The molecule has 0 spiro atoms. The molecule has 0 aliphatic heterocycles. The molecule has 3 heteroatoms. The van der Waals surface area contributed by atoms with Gasteiger partial charge in [0, 0.05) is 10.9 Å². The summed E-state index contributed by atoms with van der Waals surface area (Å²) in [5.74, 6) is 1.32. The summed E-state index contributed by atoms with van der Waals surface area (Å²) in [6.07, 6.45) is 0.818. The Labute approximate surface area is 93.6 Å². The van der Waals surface area contributed by atoms with Crippen LogP contribution in [0.15, 0.2) is 30.3 Å². The topological polar surface area (TPSA) is 35.5 Å². The first kappa shape index (κ1) is 10.5. The SMILES string of the molecule is COc1ccc2ccc(C=O)cc2c1OC. The predicted molar refractivity (Wildman–Crippen MR) is 62.4 cm³/mol. The molecule has 3 nitrogen and oxygen atoms in total. The summed E-state index contributed by atoms with van der Waals surface area (Å²) in [5, 5.41) is 1.90. The minimum absolute atomic E-state index is 0.624. The lowest BCUT2D eigenvalue weighted by Gasteiger charge is -2.10. The van der Waals surface area contributed by atoms with Crippen LogP contribution in [0.5, 0.6) is 11.5 Å². The molecule has 0 aliphatic carbocycles. The molecular formula is C13H12O3. The standard InChI is InChI=1S/C13H12O3/c1-15-12-6-5-10-4-3-9(8-14)7-11(10)13(12)16-2/h3-8H,1-2H3. The number of ether oxygens (including phenoxy) is 2. The second-order valence-corrected chi connectivity index (χ2v) is 3.40. The smallest absolute Gasteiger partial charge is 0.168 e. The van der Waals surface area contributed by atoms with Crippen molar-refractivity contribution in [3.8, 4) is 11.5 Å². The van der Waals surface area contributed by atoms with Crippen molar-refractivity contribution in [3.05, 3.63) is 35.9 Å². The van der Waals surface area contributed by atoms with Gasteiger partial charge in [0.25, 0.3) is 0 Å². The monoisotopic (exact) mass is 216 g/mol. The summed E-state index contributed by atoms with van der Waals surface area (Å²) in [7, 11) is 3.18. The Morgan fingerprint density at radius 3 is 2.44 bits per heavy atom. The highest BCUT2D eigenvalue weighted by molar-refractivity contribution is 5.94. The van der Waals surface area contributed by atoms with E-state index < -0.39 is 0 Å². The van der Waals surface area contributed by atoms with Gasteiger partial charge in [-0.15, -0.1) is 0 Å². The van der Waals surface area contributed by atoms with E-state index in [0.717, 1.165) is 17.1 Å². The third kappa shape index (κ3) is 1.60.